The number of aliphatic hydroxyl groups is 2. The van der Waals surface area contributed by atoms with Crippen molar-refractivity contribution in [2.45, 2.75) is 63.1 Å². The third-order valence-corrected chi connectivity index (χ3v) is 6.07. The third-order valence-electron chi connectivity index (χ3n) is 6.07. The SMILES string of the molecule is CO[C@@H]1[C@@H](n2cc(-c3ccc(F)c(F)c3F)nn2)[C@@H](O)[C@@H](CO)O[C@@H]1Cc1cc(C(C)(C)C)on1. The lowest BCUT2D eigenvalue weighted by Gasteiger charge is -2.43. The molecule has 1 aromatic carbocycles. The molecule has 1 saturated heterocycles. The van der Waals surface area contributed by atoms with Crippen molar-refractivity contribution >= 4 is 0 Å². The molecule has 35 heavy (non-hydrogen) atoms. The molecule has 190 valence electrons. The molecule has 0 bridgehead atoms. The van der Waals surface area contributed by atoms with Gasteiger partial charge in [-0.1, -0.05) is 31.1 Å². The van der Waals surface area contributed by atoms with Crippen LogP contribution >= 0.6 is 0 Å². The van der Waals surface area contributed by atoms with Crippen molar-refractivity contribution in [2.24, 2.45) is 0 Å². The van der Waals surface area contributed by atoms with Crippen molar-refractivity contribution in [1.82, 2.24) is 20.2 Å². The number of ether oxygens (including phenoxy) is 2. The van der Waals surface area contributed by atoms with E-state index >= 15 is 0 Å². The summed E-state index contributed by atoms with van der Waals surface area (Å²) in [6.07, 6.45) is -2.17. The Hall–Kier alpha value is -2.80. The van der Waals surface area contributed by atoms with Crippen molar-refractivity contribution in [1.29, 1.82) is 0 Å². The number of methoxy groups -OCH3 is 1. The molecule has 0 aliphatic carbocycles. The van der Waals surface area contributed by atoms with Crippen LogP contribution in [-0.4, -0.2) is 68.5 Å². The van der Waals surface area contributed by atoms with Crippen LogP contribution in [0.25, 0.3) is 11.3 Å². The maximum Gasteiger partial charge on any atom is 0.195 e. The molecule has 9 nitrogen and oxygen atoms in total. The molecule has 12 heteroatoms. The first-order chi connectivity index (χ1) is 16.5. The largest absolute Gasteiger partial charge is 0.394 e. The second-order valence-electron chi connectivity index (χ2n) is 9.52. The molecule has 0 spiro atoms. The number of nitrogens with zero attached hydrogens (tertiary/aromatic N) is 4. The summed E-state index contributed by atoms with van der Waals surface area (Å²) < 4.78 is 59.6. The van der Waals surface area contributed by atoms with E-state index in [1.165, 1.54) is 18.0 Å². The maximum atomic E-state index is 14.3. The van der Waals surface area contributed by atoms with E-state index in [1.54, 1.807) is 0 Å². The van der Waals surface area contributed by atoms with E-state index < -0.39 is 54.5 Å². The Labute approximate surface area is 199 Å². The number of rotatable bonds is 6. The van der Waals surface area contributed by atoms with Gasteiger partial charge in [0.2, 0.25) is 0 Å². The molecule has 0 unspecified atom stereocenters. The second-order valence-corrected chi connectivity index (χ2v) is 9.52. The van der Waals surface area contributed by atoms with Crippen LogP contribution in [0, 0.1) is 17.5 Å². The minimum Gasteiger partial charge on any atom is -0.394 e. The van der Waals surface area contributed by atoms with E-state index in [0.717, 1.165) is 12.1 Å². The molecule has 3 aromatic rings. The van der Waals surface area contributed by atoms with Gasteiger partial charge in [0.25, 0.3) is 0 Å². The fraction of sp³-hybridized carbons (Fsp3) is 0.522. The topological polar surface area (TPSA) is 116 Å². The first-order valence-electron chi connectivity index (χ1n) is 11.0. The number of benzene rings is 1. The summed E-state index contributed by atoms with van der Waals surface area (Å²) >= 11 is 0. The van der Waals surface area contributed by atoms with Gasteiger partial charge in [0, 0.05) is 30.6 Å². The quantitative estimate of drug-likeness (QED) is 0.501. The molecule has 1 aliphatic rings. The number of aliphatic hydroxyl groups excluding tert-OH is 2. The summed E-state index contributed by atoms with van der Waals surface area (Å²) in [5, 5.41) is 32.7. The Morgan fingerprint density at radius 3 is 2.51 bits per heavy atom. The van der Waals surface area contributed by atoms with Gasteiger partial charge in [-0.3, -0.25) is 0 Å². The standard InChI is InChI=1S/C23H27F3N4O5/c1-23(2,3)17-8-11(28-35-17)7-15-22(33-4)20(21(32)16(10-31)34-15)30-9-14(27-29-30)12-5-6-13(24)19(26)18(12)25/h5-6,8-9,15-16,20-22,31-32H,7,10H2,1-4H3/t15-,16-,20+,21+,22+/m1/s1. The van der Waals surface area contributed by atoms with Gasteiger partial charge in [0.15, 0.2) is 17.5 Å². The molecular formula is C23H27F3N4O5. The number of hydrogen-bond donors (Lipinski definition) is 2. The van der Waals surface area contributed by atoms with Crippen LogP contribution in [0.3, 0.4) is 0 Å². The molecule has 5 atom stereocenters. The molecule has 2 N–H and O–H groups in total. The van der Waals surface area contributed by atoms with Crippen LogP contribution in [0.15, 0.2) is 28.9 Å². The van der Waals surface area contributed by atoms with Gasteiger partial charge >= 0.3 is 0 Å². The van der Waals surface area contributed by atoms with Crippen LogP contribution < -0.4 is 0 Å². The van der Waals surface area contributed by atoms with Gasteiger partial charge < -0.3 is 24.2 Å². The maximum absolute atomic E-state index is 14.3. The average Bonchev–Trinajstić information content (AvgIpc) is 3.48. The zero-order chi connectivity index (χ0) is 25.5. The first kappa shape index (κ1) is 25.3. The van der Waals surface area contributed by atoms with Crippen LogP contribution in [-0.2, 0) is 21.3 Å². The van der Waals surface area contributed by atoms with Gasteiger partial charge in [-0.2, -0.15) is 0 Å². The van der Waals surface area contributed by atoms with E-state index in [0.29, 0.717) is 11.5 Å². The Morgan fingerprint density at radius 2 is 1.89 bits per heavy atom. The second kappa shape index (κ2) is 9.69. The average molecular weight is 496 g/mol. The van der Waals surface area contributed by atoms with E-state index in [9.17, 15) is 23.4 Å². The van der Waals surface area contributed by atoms with Gasteiger partial charge in [0.1, 0.15) is 35.8 Å². The van der Waals surface area contributed by atoms with E-state index in [1.807, 2.05) is 26.8 Å². The van der Waals surface area contributed by atoms with Gasteiger partial charge in [-0.15, -0.1) is 5.10 Å². The minimum atomic E-state index is -1.62. The van der Waals surface area contributed by atoms with E-state index in [2.05, 4.69) is 15.5 Å². The van der Waals surface area contributed by atoms with Crippen LogP contribution in [0.4, 0.5) is 13.2 Å². The van der Waals surface area contributed by atoms with Crippen molar-refractivity contribution in [3.05, 3.63) is 53.3 Å². The van der Waals surface area contributed by atoms with Crippen LogP contribution in [0.5, 0.6) is 0 Å². The summed E-state index contributed by atoms with van der Waals surface area (Å²) in [6.45, 7) is 5.46. The fourth-order valence-corrected chi connectivity index (χ4v) is 4.17. The highest BCUT2D eigenvalue weighted by Gasteiger charge is 2.47. The molecule has 1 aliphatic heterocycles. The van der Waals surface area contributed by atoms with Gasteiger partial charge in [0.05, 0.1) is 24.6 Å². The lowest BCUT2D eigenvalue weighted by molar-refractivity contribution is -0.212. The molecule has 1 fully saturated rings. The predicted octanol–water partition coefficient (Wildman–Crippen LogP) is 2.57. The third kappa shape index (κ3) is 4.83. The summed E-state index contributed by atoms with van der Waals surface area (Å²) in [6, 6.07) is 2.74. The summed E-state index contributed by atoms with van der Waals surface area (Å²) in [4.78, 5) is 0. The molecule has 2 aromatic heterocycles. The Morgan fingerprint density at radius 1 is 1.14 bits per heavy atom. The zero-order valence-electron chi connectivity index (χ0n) is 19.7. The summed E-state index contributed by atoms with van der Waals surface area (Å²) in [5.41, 5.74) is -0.0219. The molecule has 0 saturated carbocycles. The Kier molecular flexibility index (Phi) is 7.00. The first-order valence-corrected chi connectivity index (χ1v) is 11.0. The lowest BCUT2D eigenvalue weighted by Crippen LogP contribution is -2.57. The smallest absolute Gasteiger partial charge is 0.195 e. The molecule has 0 radical (unpaired) electrons. The van der Waals surface area contributed by atoms with Crippen molar-refractivity contribution < 1.29 is 37.4 Å². The number of aromatic nitrogens is 4. The predicted molar refractivity (Wildman–Crippen MR) is 116 cm³/mol. The molecule has 3 heterocycles. The van der Waals surface area contributed by atoms with Gasteiger partial charge in [-0.25, -0.2) is 17.9 Å². The Balaban J connectivity index is 1.66. The highest BCUT2D eigenvalue weighted by atomic mass is 19.2. The highest BCUT2D eigenvalue weighted by Crippen LogP contribution is 2.35. The van der Waals surface area contributed by atoms with Crippen molar-refractivity contribution in [3.8, 4) is 11.3 Å². The minimum absolute atomic E-state index is 0.0710. The molecule has 0 amide bonds. The normalized spacial score (nSPS) is 25.2. The highest BCUT2D eigenvalue weighted by molar-refractivity contribution is 5.58. The molecular weight excluding hydrogens is 469 g/mol. The fourth-order valence-electron chi connectivity index (χ4n) is 4.17. The monoisotopic (exact) mass is 496 g/mol. The lowest BCUT2D eigenvalue weighted by atomic mass is 9.89. The zero-order valence-corrected chi connectivity index (χ0v) is 19.7. The van der Waals surface area contributed by atoms with E-state index in [4.69, 9.17) is 14.0 Å². The molecule has 4 rings (SSSR count). The van der Waals surface area contributed by atoms with E-state index in [-0.39, 0.29) is 23.1 Å². The van der Waals surface area contributed by atoms with Crippen molar-refractivity contribution in [2.75, 3.05) is 13.7 Å². The number of hydrogen-bond acceptors (Lipinski definition) is 8. The van der Waals surface area contributed by atoms with Crippen molar-refractivity contribution in [3.63, 3.8) is 0 Å². The summed E-state index contributed by atoms with van der Waals surface area (Å²) in [5.74, 6) is -3.67. The number of halogens is 3. The van der Waals surface area contributed by atoms with Crippen LogP contribution in [0.2, 0.25) is 0 Å². The van der Waals surface area contributed by atoms with Crippen LogP contribution in [0.1, 0.15) is 38.3 Å². The van der Waals surface area contributed by atoms with Gasteiger partial charge in [-0.05, 0) is 12.1 Å². The Bertz CT molecular complexity index is 1180. The summed E-state index contributed by atoms with van der Waals surface area (Å²) in [7, 11) is 1.43.